The van der Waals surface area contributed by atoms with Gasteiger partial charge in [0.2, 0.25) is 5.91 Å². The van der Waals surface area contributed by atoms with Gasteiger partial charge >= 0.3 is 0 Å². The van der Waals surface area contributed by atoms with E-state index >= 15 is 0 Å². The highest BCUT2D eigenvalue weighted by atomic mass is 32.1. The van der Waals surface area contributed by atoms with Crippen LogP contribution in [0.4, 0.5) is 0 Å². The van der Waals surface area contributed by atoms with Crippen LogP contribution in [0, 0.1) is 17.3 Å². The number of nitrogens with zero attached hydrogens (tertiary/aromatic N) is 1. The van der Waals surface area contributed by atoms with Crippen LogP contribution in [0.3, 0.4) is 0 Å². The number of rotatable bonds is 3. The van der Waals surface area contributed by atoms with Crippen LogP contribution in [0.1, 0.15) is 23.1 Å². The van der Waals surface area contributed by atoms with Crippen molar-refractivity contribution in [3.05, 3.63) is 21.9 Å². The molecule has 4 nitrogen and oxygen atoms in total. The van der Waals surface area contributed by atoms with Crippen molar-refractivity contribution in [2.24, 2.45) is 16.9 Å². The summed E-state index contributed by atoms with van der Waals surface area (Å²) in [5.74, 6) is 5.69. The van der Waals surface area contributed by atoms with Crippen molar-refractivity contribution in [1.29, 1.82) is 0 Å². The van der Waals surface area contributed by atoms with E-state index in [1.54, 1.807) is 11.3 Å². The molecule has 1 aromatic rings. The Morgan fingerprint density at radius 1 is 1.58 bits per heavy atom. The van der Waals surface area contributed by atoms with Crippen molar-refractivity contribution in [3.63, 3.8) is 0 Å². The predicted molar refractivity (Wildman–Crippen MR) is 77.4 cm³/mol. The third-order valence-corrected chi connectivity index (χ3v) is 4.49. The molecule has 0 saturated carbocycles. The zero-order valence-corrected chi connectivity index (χ0v) is 11.9. The van der Waals surface area contributed by atoms with Crippen LogP contribution in [0.2, 0.25) is 0 Å². The number of nitrogens with two attached hydrogens (primary N) is 2. The Kier molecular flexibility index (Phi) is 4.25. The van der Waals surface area contributed by atoms with Gasteiger partial charge in [0.05, 0.1) is 16.8 Å². The number of thiophene rings is 1. The zero-order chi connectivity index (χ0) is 13.9. The molecule has 102 valence electrons. The fourth-order valence-corrected chi connectivity index (χ4v) is 3.21. The second-order valence-corrected chi connectivity index (χ2v) is 6.33. The van der Waals surface area contributed by atoms with Crippen molar-refractivity contribution < 1.29 is 4.79 Å². The summed E-state index contributed by atoms with van der Waals surface area (Å²) in [7, 11) is 0. The molecular weight excluding hydrogens is 258 g/mol. The van der Waals surface area contributed by atoms with Gasteiger partial charge in [0.15, 0.2) is 0 Å². The number of hydrogen-bond donors (Lipinski definition) is 2. The van der Waals surface area contributed by atoms with Gasteiger partial charge in [-0.2, -0.15) is 0 Å². The molecule has 19 heavy (non-hydrogen) atoms. The minimum atomic E-state index is -0.376. The molecular formula is C14H19N3OS. The minimum absolute atomic E-state index is 0.198. The van der Waals surface area contributed by atoms with Gasteiger partial charge < -0.3 is 11.5 Å². The number of primary amides is 1. The van der Waals surface area contributed by atoms with E-state index < -0.39 is 0 Å². The number of carbonyl (C=O) groups is 1. The molecule has 5 heteroatoms. The molecule has 2 heterocycles. The Bertz CT molecular complexity index is 528. The molecule has 4 N–H and O–H groups in total. The van der Waals surface area contributed by atoms with Crippen LogP contribution >= 0.6 is 11.3 Å². The van der Waals surface area contributed by atoms with Crippen LogP contribution in [-0.2, 0) is 11.3 Å². The zero-order valence-electron chi connectivity index (χ0n) is 11.1. The number of likely N-dealkylation sites (tertiary alicyclic amines) is 1. The fourth-order valence-electron chi connectivity index (χ4n) is 2.28. The molecule has 0 aromatic carbocycles. The smallest absolute Gasteiger partial charge is 0.224 e. The summed E-state index contributed by atoms with van der Waals surface area (Å²) in [6.45, 7) is 4.85. The van der Waals surface area contributed by atoms with Crippen LogP contribution in [-0.4, -0.2) is 30.4 Å². The summed E-state index contributed by atoms with van der Waals surface area (Å²) < 4.78 is 0. The van der Waals surface area contributed by atoms with E-state index in [9.17, 15) is 4.79 Å². The van der Waals surface area contributed by atoms with Crippen LogP contribution in [0.25, 0.3) is 0 Å². The van der Waals surface area contributed by atoms with E-state index in [0.717, 1.165) is 30.9 Å². The van der Waals surface area contributed by atoms with Gasteiger partial charge in [0, 0.05) is 18.0 Å². The summed E-state index contributed by atoms with van der Waals surface area (Å²) in [5, 5.41) is 0. The third kappa shape index (κ3) is 3.35. The molecule has 1 fully saturated rings. The molecule has 1 aliphatic rings. The first kappa shape index (κ1) is 14.1. The molecule has 1 atom stereocenters. The first-order valence-electron chi connectivity index (χ1n) is 6.33. The highest BCUT2D eigenvalue weighted by Gasteiger charge is 2.38. The van der Waals surface area contributed by atoms with E-state index in [-0.39, 0.29) is 11.3 Å². The molecule has 0 aliphatic carbocycles. The number of carbonyl (C=O) groups excluding carboxylic acids is 1. The normalized spacial score (nSPS) is 23.1. The van der Waals surface area contributed by atoms with Crippen molar-refractivity contribution in [2.75, 3.05) is 19.6 Å². The van der Waals surface area contributed by atoms with Gasteiger partial charge in [0.25, 0.3) is 0 Å². The fraction of sp³-hybridized carbons (Fsp3) is 0.500. The average molecular weight is 277 g/mol. The Balaban J connectivity index is 1.96. The molecule has 1 amide bonds. The molecule has 1 unspecified atom stereocenters. The van der Waals surface area contributed by atoms with E-state index in [1.807, 2.05) is 13.0 Å². The van der Waals surface area contributed by atoms with E-state index in [0.29, 0.717) is 6.54 Å². The third-order valence-electron chi connectivity index (χ3n) is 3.50. The van der Waals surface area contributed by atoms with Gasteiger partial charge in [-0.15, -0.1) is 11.3 Å². The van der Waals surface area contributed by atoms with Crippen molar-refractivity contribution in [3.8, 4) is 11.8 Å². The standard InChI is InChI=1S/C14H19N3OS/c1-14(13(16)18)6-8-17(10-14)9-12-5-4-11(19-12)3-2-7-15/h4-5H,6-10,15H2,1H3,(H2,16,18). The maximum absolute atomic E-state index is 11.4. The largest absolute Gasteiger partial charge is 0.369 e. The van der Waals surface area contributed by atoms with Gasteiger partial charge in [-0.05, 0) is 32.0 Å². The number of hydrogen-bond acceptors (Lipinski definition) is 4. The molecule has 0 radical (unpaired) electrons. The Morgan fingerprint density at radius 2 is 2.37 bits per heavy atom. The lowest BCUT2D eigenvalue weighted by molar-refractivity contribution is -0.126. The summed E-state index contributed by atoms with van der Waals surface area (Å²) >= 11 is 1.68. The Morgan fingerprint density at radius 3 is 3.00 bits per heavy atom. The number of amides is 1. The highest BCUT2D eigenvalue weighted by molar-refractivity contribution is 7.12. The van der Waals surface area contributed by atoms with Crippen LogP contribution in [0.15, 0.2) is 12.1 Å². The van der Waals surface area contributed by atoms with Crippen LogP contribution < -0.4 is 11.5 Å². The lowest BCUT2D eigenvalue weighted by atomic mass is 9.89. The molecule has 0 spiro atoms. The van der Waals surface area contributed by atoms with Crippen LogP contribution in [0.5, 0.6) is 0 Å². The monoisotopic (exact) mass is 277 g/mol. The summed E-state index contributed by atoms with van der Waals surface area (Å²) in [5.41, 5.74) is 10.4. The first-order chi connectivity index (χ1) is 9.03. The SMILES string of the molecule is CC1(C(N)=O)CCN(Cc2ccc(C#CCN)s2)C1. The van der Waals surface area contributed by atoms with Crippen molar-refractivity contribution in [1.82, 2.24) is 4.90 Å². The minimum Gasteiger partial charge on any atom is -0.369 e. The molecule has 2 rings (SSSR count). The summed E-state index contributed by atoms with van der Waals surface area (Å²) in [4.78, 5) is 16.0. The maximum Gasteiger partial charge on any atom is 0.224 e. The second-order valence-electron chi connectivity index (χ2n) is 5.16. The highest BCUT2D eigenvalue weighted by Crippen LogP contribution is 2.31. The summed E-state index contributed by atoms with van der Waals surface area (Å²) in [6.07, 6.45) is 0.841. The van der Waals surface area contributed by atoms with Gasteiger partial charge in [-0.25, -0.2) is 0 Å². The quantitative estimate of drug-likeness (QED) is 0.801. The van der Waals surface area contributed by atoms with E-state index in [2.05, 4.69) is 22.8 Å². The second kappa shape index (κ2) is 5.74. The average Bonchev–Trinajstić information content (AvgIpc) is 2.95. The van der Waals surface area contributed by atoms with Gasteiger partial charge in [-0.3, -0.25) is 9.69 Å². The van der Waals surface area contributed by atoms with Crippen molar-refractivity contribution >= 4 is 17.2 Å². The van der Waals surface area contributed by atoms with Crippen molar-refractivity contribution in [2.45, 2.75) is 19.9 Å². The Labute approximate surface area is 117 Å². The molecule has 0 bridgehead atoms. The van der Waals surface area contributed by atoms with E-state index in [4.69, 9.17) is 11.5 Å². The topological polar surface area (TPSA) is 72.4 Å². The maximum atomic E-state index is 11.4. The molecule has 1 aromatic heterocycles. The molecule has 1 aliphatic heterocycles. The first-order valence-corrected chi connectivity index (χ1v) is 7.15. The lowest BCUT2D eigenvalue weighted by Gasteiger charge is -2.20. The lowest BCUT2D eigenvalue weighted by Crippen LogP contribution is -2.36. The Hall–Kier alpha value is -1.35. The predicted octanol–water partition coefficient (Wildman–Crippen LogP) is 0.756. The van der Waals surface area contributed by atoms with E-state index in [1.165, 1.54) is 4.88 Å². The van der Waals surface area contributed by atoms with Gasteiger partial charge in [-0.1, -0.05) is 11.8 Å². The summed E-state index contributed by atoms with van der Waals surface area (Å²) in [6, 6.07) is 4.11. The molecule has 1 saturated heterocycles. The van der Waals surface area contributed by atoms with Gasteiger partial charge in [0.1, 0.15) is 0 Å².